The highest BCUT2D eigenvalue weighted by Crippen LogP contribution is 2.17. The molecule has 0 amide bonds. The Kier molecular flexibility index (Phi) is 3.15. The molecule has 0 saturated heterocycles. The molecule has 0 spiro atoms. The van der Waals surface area contributed by atoms with E-state index >= 15 is 0 Å². The second-order valence-corrected chi connectivity index (χ2v) is 2.88. The normalized spacial score (nSPS) is 11.7. The highest BCUT2D eigenvalue weighted by molar-refractivity contribution is 6.14. The molecule has 0 fully saturated rings. The van der Waals surface area contributed by atoms with Crippen LogP contribution in [0.5, 0.6) is 0 Å². The molecule has 0 aliphatic heterocycles. The summed E-state index contributed by atoms with van der Waals surface area (Å²) in [5.74, 6) is 0. The molecule has 1 aromatic carbocycles. The minimum Gasteiger partial charge on any atom is -0.0846 e. The van der Waals surface area contributed by atoms with E-state index in [2.05, 4.69) is 37.3 Å². The quantitative estimate of drug-likeness (QED) is 0.577. The van der Waals surface area contributed by atoms with Gasteiger partial charge in [0.15, 0.2) is 0 Å². The van der Waals surface area contributed by atoms with Crippen molar-refractivity contribution < 1.29 is 0 Å². The summed E-state index contributed by atoms with van der Waals surface area (Å²) in [5, 5.41) is 0. The molecule has 12 heavy (non-hydrogen) atoms. The van der Waals surface area contributed by atoms with Crippen LogP contribution in [0.4, 0.5) is 0 Å². The van der Waals surface area contributed by atoms with E-state index < -0.39 is 0 Å². The molecule has 1 aromatic rings. The second kappa shape index (κ2) is 4.15. The molecule has 1 rings (SSSR count). The Hall–Kier alpha value is -0.975. The summed E-state index contributed by atoms with van der Waals surface area (Å²) in [6, 6.07) is 8.43. The number of hydrogen-bond donors (Lipinski definition) is 0. The Balaban J connectivity index is 2.96. The number of benzene rings is 1. The van der Waals surface area contributed by atoms with Crippen LogP contribution >= 0.6 is 0 Å². The van der Waals surface area contributed by atoms with Gasteiger partial charge in [-0.1, -0.05) is 47.8 Å². The van der Waals surface area contributed by atoms with Crippen LogP contribution in [0.25, 0.3) is 5.57 Å². The van der Waals surface area contributed by atoms with Crippen LogP contribution in [0, 0.1) is 6.92 Å². The van der Waals surface area contributed by atoms with Crippen molar-refractivity contribution in [2.75, 3.05) is 0 Å². The van der Waals surface area contributed by atoms with Crippen molar-refractivity contribution in [1.82, 2.24) is 0 Å². The van der Waals surface area contributed by atoms with Gasteiger partial charge in [-0.3, -0.25) is 0 Å². The maximum Gasteiger partial charge on any atom is 0.0716 e. The van der Waals surface area contributed by atoms with Crippen molar-refractivity contribution in [2.45, 2.75) is 20.2 Å². The largest absolute Gasteiger partial charge is 0.0846 e. The zero-order valence-corrected chi connectivity index (χ0v) is 7.67. The van der Waals surface area contributed by atoms with Gasteiger partial charge >= 0.3 is 0 Å². The number of aryl methyl sites for hydroxylation is 1. The molecule has 0 N–H and O–H groups in total. The molecule has 0 aromatic heterocycles. The molecule has 0 nitrogen and oxygen atoms in total. The first-order valence-electron chi connectivity index (χ1n) is 4.20. The molecule has 0 atom stereocenters. The van der Waals surface area contributed by atoms with Gasteiger partial charge in [0, 0.05) is 0 Å². The fraction of sp³-hybridized carbons (Fsp3) is 0.273. The highest BCUT2D eigenvalue weighted by Gasteiger charge is 1.95. The molecular weight excluding hydrogens is 143 g/mol. The van der Waals surface area contributed by atoms with Crippen LogP contribution in [0.2, 0.25) is 6.32 Å². The standard InChI is InChI=1S/C11H13B/c1-3-10(8-12)11-6-4-9(2)5-7-11/h3-7H,8H2,1-2H3. The van der Waals surface area contributed by atoms with Crippen LogP contribution in [0.1, 0.15) is 18.1 Å². The van der Waals surface area contributed by atoms with Crippen LogP contribution < -0.4 is 0 Å². The smallest absolute Gasteiger partial charge is 0.0716 e. The number of allylic oxidation sites excluding steroid dienone is 2. The van der Waals surface area contributed by atoms with Gasteiger partial charge in [-0.05, 0) is 19.4 Å². The van der Waals surface area contributed by atoms with Gasteiger partial charge in [-0.15, -0.1) is 0 Å². The van der Waals surface area contributed by atoms with E-state index in [0.717, 1.165) is 0 Å². The van der Waals surface area contributed by atoms with E-state index in [9.17, 15) is 0 Å². The summed E-state index contributed by atoms with van der Waals surface area (Å²) in [7, 11) is 5.59. The van der Waals surface area contributed by atoms with E-state index in [-0.39, 0.29) is 0 Å². The lowest BCUT2D eigenvalue weighted by molar-refractivity contribution is 1.44. The van der Waals surface area contributed by atoms with E-state index in [1.54, 1.807) is 0 Å². The maximum atomic E-state index is 5.59. The summed E-state index contributed by atoms with van der Waals surface area (Å²) in [6.07, 6.45) is 2.67. The average molecular weight is 156 g/mol. The van der Waals surface area contributed by atoms with Crippen LogP contribution in [0.3, 0.4) is 0 Å². The first kappa shape index (κ1) is 9.12. The molecule has 2 radical (unpaired) electrons. The topological polar surface area (TPSA) is 0 Å². The van der Waals surface area contributed by atoms with Gasteiger partial charge in [0.25, 0.3) is 0 Å². The van der Waals surface area contributed by atoms with Gasteiger partial charge in [-0.2, -0.15) is 0 Å². The van der Waals surface area contributed by atoms with Gasteiger partial charge in [-0.25, -0.2) is 0 Å². The average Bonchev–Trinajstić information content (AvgIpc) is 2.10. The lowest BCUT2D eigenvalue weighted by Crippen LogP contribution is -1.83. The molecule has 0 heterocycles. The predicted octanol–water partition coefficient (Wildman–Crippen LogP) is 2.99. The van der Waals surface area contributed by atoms with E-state index in [4.69, 9.17) is 7.85 Å². The molecule has 60 valence electrons. The molecule has 0 aliphatic carbocycles. The van der Waals surface area contributed by atoms with E-state index in [1.165, 1.54) is 16.7 Å². The maximum absolute atomic E-state index is 5.59. The van der Waals surface area contributed by atoms with Crippen molar-refractivity contribution >= 4 is 13.4 Å². The molecular formula is C11H13B. The fourth-order valence-electron chi connectivity index (χ4n) is 1.17. The lowest BCUT2D eigenvalue weighted by Gasteiger charge is -2.03. The Morgan fingerprint density at radius 3 is 2.33 bits per heavy atom. The Bertz CT molecular complexity index is 270. The lowest BCUT2D eigenvalue weighted by atomic mass is 9.91. The van der Waals surface area contributed by atoms with Gasteiger partial charge in [0.2, 0.25) is 0 Å². The molecule has 0 aliphatic rings. The van der Waals surface area contributed by atoms with Crippen LogP contribution in [-0.2, 0) is 0 Å². The summed E-state index contributed by atoms with van der Waals surface area (Å²) >= 11 is 0. The molecule has 1 heteroatoms. The van der Waals surface area contributed by atoms with Crippen LogP contribution in [-0.4, -0.2) is 7.85 Å². The van der Waals surface area contributed by atoms with Crippen molar-refractivity contribution in [2.24, 2.45) is 0 Å². The number of hydrogen-bond acceptors (Lipinski definition) is 0. The van der Waals surface area contributed by atoms with Crippen molar-refractivity contribution in [3.63, 3.8) is 0 Å². The van der Waals surface area contributed by atoms with Crippen molar-refractivity contribution in [3.8, 4) is 0 Å². The third-order valence-corrected chi connectivity index (χ3v) is 1.99. The van der Waals surface area contributed by atoms with Gasteiger partial charge < -0.3 is 0 Å². The predicted molar refractivity (Wildman–Crippen MR) is 55.4 cm³/mol. The molecule has 0 saturated carbocycles. The fourth-order valence-corrected chi connectivity index (χ4v) is 1.17. The van der Waals surface area contributed by atoms with Crippen molar-refractivity contribution in [1.29, 1.82) is 0 Å². The summed E-state index contributed by atoms with van der Waals surface area (Å²) in [5.41, 5.74) is 3.71. The Labute approximate surface area is 75.7 Å². The first-order valence-corrected chi connectivity index (χ1v) is 4.20. The minimum atomic E-state index is 0.611. The SMILES string of the molecule is [B]CC(=CC)c1ccc(C)cc1. The summed E-state index contributed by atoms with van der Waals surface area (Å²) in [6.45, 7) is 4.10. The second-order valence-electron chi connectivity index (χ2n) is 2.88. The summed E-state index contributed by atoms with van der Waals surface area (Å²) in [4.78, 5) is 0. The van der Waals surface area contributed by atoms with E-state index in [1.807, 2.05) is 6.92 Å². The van der Waals surface area contributed by atoms with Crippen LogP contribution in [0.15, 0.2) is 30.3 Å². The zero-order valence-electron chi connectivity index (χ0n) is 7.67. The zero-order chi connectivity index (χ0) is 8.97. The third-order valence-electron chi connectivity index (χ3n) is 1.99. The summed E-state index contributed by atoms with van der Waals surface area (Å²) < 4.78 is 0. The minimum absolute atomic E-state index is 0.611. The molecule has 0 unspecified atom stereocenters. The Morgan fingerprint density at radius 1 is 1.33 bits per heavy atom. The monoisotopic (exact) mass is 156 g/mol. The molecule has 0 bridgehead atoms. The van der Waals surface area contributed by atoms with Gasteiger partial charge in [0.1, 0.15) is 0 Å². The Morgan fingerprint density at radius 2 is 1.92 bits per heavy atom. The first-order chi connectivity index (χ1) is 5.77. The van der Waals surface area contributed by atoms with E-state index in [0.29, 0.717) is 6.32 Å². The van der Waals surface area contributed by atoms with Crippen molar-refractivity contribution in [3.05, 3.63) is 41.5 Å². The highest BCUT2D eigenvalue weighted by atomic mass is 14.0. The number of rotatable bonds is 2. The van der Waals surface area contributed by atoms with Gasteiger partial charge in [0.05, 0.1) is 7.85 Å². The third kappa shape index (κ3) is 2.01.